The van der Waals surface area contributed by atoms with E-state index in [-0.39, 0.29) is 11.6 Å². The van der Waals surface area contributed by atoms with Gasteiger partial charge in [0.25, 0.3) is 5.91 Å². The molecule has 0 radical (unpaired) electrons. The highest BCUT2D eigenvalue weighted by molar-refractivity contribution is 7.92. The zero-order chi connectivity index (χ0) is 30.8. The minimum atomic E-state index is -3.76. The van der Waals surface area contributed by atoms with Crippen molar-refractivity contribution in [1.29, 1.82) is 5.41 Å². The molecule has 0 aliphatic rings. The van der Waals surface area contributed by atoms with Crippen LogP contribution < -0.4 is 10.2 Å². The molecule has 0 saturated carbocycles. The smallest absolute Gasteiger partial charge is 0.267 e. The first-order valence-electron chi connectivity index (χ1n) is 13.1. The number of nitrogens with zero attached hydrogens (tertiary/aromatic N) is 1. The quantitative estimate of drug-likeness (QED) is 0.107. The average molecular weight is 603 g/mol. The maximum atomic E-state index is 13.1. The number of anilines is 1. The molecule has 10 nitrogen and oxygen atoms in total. The summed E-state index contributed by atoms with van der Waals surface area (Å²) < 4.78 is 53.6. The molecule has 0 spiro atoms. The van der Waals surface area contributed by atoms with Crippen molar-refractivity contribution in [3.63, 3.8) is 0 Å². The van der Waals surface area contributed by atoms with E-state index >= 15 is 0 Å². The Labute approximate surface area is 242 Å². The fourth-order valence-corrected chi connectivity index (χ4v) is 6.90. The van der Waals surface area contributed by atoms with Gasteiger partial charge in [-0.05, 0) is 54.2 Å². The van der Waals surface area contributed by atoms with Gasteiger partial charge in [0, 0.05) is 34.2 Å². The number of sulfonamides is 1. The molecule has 12 heteroatoms. The van der Waals surface area contributed by atoms with Crippen molar-refractivity contribution in [1.82, 2.24) is 9.45 Å². The summed E-state index contributed by atoms with van der Waals surface area (Å²) in [5, 5.41) is 18.3. The Hall–Kier alpha value is -3.48. The zero-order valence-electron chi connectivity index (χ0n) is 24.1. The van der Waals surface area contributed by atoms with Crippen molar-refractivity contribution < 1.29 is 26.8 Å². The molecule has 2 aromatic carbocycles. The Morgan fingerprint density at radius 2 is 1.71 bits per heavy atom. The highest BCUT2D eigenvalue weighted by Gasteiger charge is 2.31. The van der Waals surface area contributed by atoms with Crippen molar-refractivity contribution in [3.8, 4) is 0 Å². The van der Waals surface area contributed by atoms with E-state index in [2.05, 4.69) is 4.72 Å². The molecule has 0 aliphatic carbocycles. The molecule has 0 saturated heterocycles. The number of hydroxylamine groups is 1. The van der Waals surface area contributed by atoms with Gasteiger partial charge in [0.15, 0.2) is 0 Å². The van der Waals surface area contributed by atoms with Crippen LogP contribution in [0.3, 0.4) is 0 Å². The fourth-order valence-electron chi connectivity index (χ4n) is 5.12. The van der Waals surface area contributed by atoms with Crippen LogP contribution in [0.25, 0.3) is 17.0 Å². The van der Waals surface area contributed by atoms with E-state index in [4.69, 9.17) is 10.6 Å². The Morgan fingerprint density at radius 3 is 2.22 bits per heavy atom. The van der Waals surface area contributed by atoms with Gasteiger partial charge in [-0.25, -0.2) is 26.3 Å². The maximum Gasteiger partial charge on any atom is 0.267 e. The molecular weight excluding hydrogens is 564 g/mol. The van der Waals surface area contributed by atoms with Gasteiger partial charge in [0.1, 0.15) is 0 Å². The van der Waals surface area contributed by atoms with Gasteiger partial charge in [-0.1, -0.05) is 58.0 Å². The zero-order valence-corrected chi connectivity index (χ0v) is 25.8. The topological polar surface area (TPSA) is 158 Å². The van der Waals surface area contributed by atoms with E-state index in [1.54, 1.807) is 23.7 Å². The van der Waals surface area contributed by atoms with Crippen LogP contribution in [0.15, 0.2) is 48.5 Å². The van der Waals surface area contributed by atoms with E-state index in [1.165, 1.54) is 16.1 Å². The lowest BCUT2D eigenvalue weighted by molar-refractivity contribution is -0.124. The molecule has 0 fully saturated rings. The summed E-state index contributed by atoms with van der Waals surface area (Å²) in [6, 6.07) is 12.4. The predicted molar refractivity (Wildman–Crippen MR) is 164 cm³/mol. The van der Waals surface area contributed by atoms with Crippen molar-refractivity contribution in [3.05, 3.63) is 70.9 Å². The number of carbonyl (C=O) groups is 1. The van der Waals surface area contributed by atoms with Crippen molar-refractivity contribution >= 4 is 54.3 Å². The van der Waals surface area contributed by atoms with Crippen LogP contribution in [0.5, 0.6) is 0 Å². The average Bonchev–Trinajstić information content (AvgIpc) is 3.21. The number of hydrogen-bond donors (Lipinski definition) is 4. The number of fused-ring (bicyclic) bond motifs is 1. The number of nitrogens with one attached hydrogen (secondary N) is 3. The van der Waals surface area contributed by atoms with Crippen LogP contribution in [0.4, 0.5) is 5.69 Å². The molecule has 41 heavy (non-hydrogen) atoms. The van der Waals surface area contributed by atoms with Gasteiger partial charge < -0.3 is 5.41 Å². The van der Waals surface area contributed by atoms with E-state index < -0.39 is 31.4 Å². The standard InChI is InChI=1S/C29H38N4O6S2/c1-7-22(20-11-8-19(9-12-20)10-17-27(34)31-35)25(30)16-15-24-23-14-13-21(32-40(5,36)37)18-26(23)33(41(6,38)39)28(24)29(2,3)4/h8-14,17-18,22,30,32,35H,7,15-16H2,1-6H3,(H,31,34)/b17-10+,30-25?. The van der Waals surface area contributed by atoms with E-state index in [0.717, 1.165) is 29.2 Å². The van der Waals surface area contributed by atoms with E-state index in [1.807, 2.05) is 52.0 Å². The number of carbonyl (C=O) groups excluding carboxylic acids is 1. The van der Waals surface area contributed by atoms with Crippen molar-refractivity contribution in [2.24, 2.45) is 0 Å². The lowest BCUT2D eigenvalue weighted by atomic mass is 9.85. The summed E-state index contributed by atoms with van der Waals surface area (Å²) in [4.78, 5) is 11.2. The molecule has 1 aromatic heterocycles. The van der Waals surface area contributed by atoms with Gasteiger partial charge in [-0.15, -0.1) is 0 Å². The number of aromatic nitrogens is 1. The minimum Gasteiger partial charge on any atom is -0.309 e. The van der Waals surface area contributed by atoms with Gasteiger partial charge in [0.2, 0.25) is 20.0 Å². The van der Waals surface area contributed by atoms with Gasteiger partial charge in [0.05, 0.1) is 23.7 Å². The summed E-state index contributed by atoms with van der Waals surface area (Å²) in [6.45, 7) is 7.80. The lowest BCUT2D eigenvalue weighted by Gasteiger charge is -2.24. The molecule has 3 rings (SSSR count). The number of amides is 1. The first kappa shape index (κ1) is 32.0. The third-order valence-corrected chi connectivity index (χ3v) is 8.37. The molecule has 4 N–H and O–H groups in total. The molecular formula is C29H38N4O6S2. The highest BCUT2D eigenvalue weighted by atomic mass is 32.2. The highest BCUT2D eigenvalue weighted by Crippen LogP contribution is 2.38. The first-order chi connectivity index (χ1) is 19.0. The van der Waals surface area contributed by atoms with E-state index in [0.29, 0.717) is 41.6 Å². The molecule has 222 valence electrons. The minimum absolute atomic E-state index is 0.152. The largest absolute Gasteiger partial charge is 0.309 e. The van der Waals surface area contributed by atoms with E-state index in [9.17, 15) is 21.6 Å². The Morgan fingerprint density at radius 1 is 1.07 bits per heavy atom. The first-order valence-corrected chi connectivity index (χ1v) is 16.9. The molecule has 1 atom stereocenters. The Bertz CT molecular complexity index is 1700. The predicted octanol–water partition coefficient (Wildman–Crippen LogP) is 4.78. The molecule has 3 aromatic rings. The molecule has 1 amide bonds. The van der Waals surface area contributed by atoms with Gasteiger partial charge >= 0.3 is 0 Å². The summed E-state index contributed by atoms with van der Waals surface area (Å²) in [5.74, 6) is -0.780. The van der Waals surface area contributed by atoms with Gasteiger partial charge in [-0.3, -0.25) is 14.7 Å². The van der Waals surface area contributed by atoms with Crippen LogP contribution in [0.2, 0.25) is 0 Å². The second kappa shape index (κ2) is 12.2. The fraction of sp³-hybridized carbons (Fsp3) is 0.379. The SMILES string of the molecule is CCC(C(=N)CCc1c(C(C)(C)C)n(S(C)(=O)=O)c2cc(NS(C)(=O)=O)ccc12)c1ccc(/C=C/C(=O)NO)cc1. The summed E-state index contributed by atoms with van der Waals surface area (Å²) in [6.07, 6.45) is 6.47. The summed E-state index contributed by atoms with van der Waals surface area (Å²) >= 11 is 0. The third kappa shape index (κ3) is 7.84. The van der Waals surface area contributed by atoms with Gasteiger partial charge in [-0.2, -0.15) is 0 Å². The third-order valence-electron chi connectivity index (χ3n) is 6.73. The molecule has 1 heterocycles. The number of hydrogen-bond acceptors (Lipinski definition) is 7. The van der Waals surface area contributed by atoms with Crippen LogP contribution in [-0.4, -0.2) is 50.1 Å². The maximum absolute atomic E-state index is 13.1. The van der Waals surface area contributed by atoms with Crippen LogP contribution in [0.1, 0.15) is 68.8 Å². The summed E-state index contributed by atoms with van der Waals surface area (Å²) in [7, 11) is -7.33. The number of aryl methyl sites for hydroxylation is 1. The normalized spacial score (nSPS) is 13.4. The van der Waals surface area contributed by atoms with Crippen molar-refractivity contribution in [2.45, 2.75) is 58.3 Å². The molecule has 0 aliphatic heterocycles. The molecule has 0 bridgehead atoms. The van der Waals surface area contributed by atoms with Crippen LogP contribution in [-0.2, 0) is 36.7 Å². The number of rotatable bonds is 11. The number of benzene rings is 2. The second-order valence-electron chi connectivity index (χ2n) is 11.2. The second-order valence-corrected chi connectivity index (χ2v) is 14.8. The molecule has 1 unspecified atom stereocenters. The van der Waals surface area contributed by atoms with Crippen molar-refractivity contribution in [2.75, 3.05) is 17.2 Å². The monoisotopic (exact) mass is 602 g/mol. The van der Waals surface area contributed by atoms with Crippen LogP contribution >= 0.6 is 0 Å². The lowest BCUT2D eigenvalue weighted by Crippen LogP contribution is -2.24. The summed E-state index contributed by atoms with van der Waals surface area (Å²) in [5.41, 5.74) is 5.28. The van der Waals surface area contributed by atoms with Crippen LogP contribution in [0, 0.1) is 5.41 Å². The Balaban J connectivity index is 2.01. The Kier molecular flexibility index (Phi) is 9.51.